The first-order valence-electron chi connectivity index (χ1n) is 7.62. The topological polar surface area (TPSA) is 30.9 Å². The molecule has 2 N–H and O–H groups in total. The molecule has 2 rings (SSSR count). The zero-order valence-electron chi connectivity index (χ0n) is 12.6. The number of benzene rings is 1. The number of hydrogen-bond donors (Lipinski definition) is 1. The average Bonchev–Trinajstić information content (AvgIpc) is 2.92. The van der Waals surface area contributed by atoms with Crippen molar-refractivity contribution in [2.24, 2.45) is 11.7 Å². The largest absolute Gasteiger partial charge is 0.354 e. The van der Waals surface area contributed by atoms with E-state index in [0.717, 1.165) is 6.54 Å². The summed E-state index contributed by atoms with van der Waals surface area (Å²) in [5, 5.41) is 0. The van der Waals surface area contributed by atoms with Crippen molar-refractivity contribution < 1.29 is 0 Å². The van der Waals surface area contributed by atoms with E-state index in [1.54, 1.807) is 0 Å². The summed E-state index contributed by atoms with van der Waals surface area (Å²) in [6.07, 6.45) is 7.96. The molecule has 2 aromatic rings. The lowest BCUT2D eigenvalue weighted by molar-refractivity contribution is 0.512. The summed E-state index contributed by atoms with van der Waals surface area (Å²) in [4.78, 5) is 0. The molecule has 2 nitrogen and oxygen atoms in total. The van der Waals surface area contributed by atoms with E-state index in [1.807, 2.05) is 0 Å². The van der Waals surface area contributed by atoms with E-state index in [4.69, 9.17) is 5.73 Å². The third-order valence-electron chi connectivity index (χ3n) is 3.85. The number of aromatic nitrogens is 1. The predicted molar refractivity (Wildman–Crippen MR) is 85.6 cm³/mol. The van der Waals surface area contributed by atoms with Crippen molar-refractivity contribution in [2.75, 3.05) is 0 Å². The van der Waals surface area contributed by atoms with Crippen molar-refractivity contribution >= 4 is 0 Å². The average molecular weight is 270 g/mol. The highest BCUT2D eigenvalue weighted by molar-refractivity contribution is 5.16. The van der Waals surface area contributed by atoms with Crippen LogP contribution in [0.3, 0.4) is 0 Å². The van der Waals surface area contributed by atoms with Gasteiger partial charge in [0.1, 0.15) is 0 Å². The Bertz CT molecular complexity index is 499. The second-order valence-corrected chi connectivity index (χ2v) is 5.90. The first-order valence-corrected chi connectivity index (χ1v) is 7.62. The summed E-state index contributed by atoms with van der Waals surface area (Å²) in [6, 6.07) is 13.0. The third kappa shape index (κ3) is 4.24. The molecule has 20 heavy (non-hydrogen) atoms. The molecule has 108 valence electrons. The van der Waals surface area contributed by atoms with Gasteiger partial charge in [-0.2, -0.15) is 0 Å². The molecule has 0 radical (unpaired) electrons. The fourth-order valence-corrected chi connectivity index (χ4v) is 2.45. The van der Waals surface area contributed by atoms with Crippen LogP contribution < -0.4 is 5.73 Å². The van der Waals surface area contributed by atoms with Crippen molar-refractivity contribution in [3.63, 3.8) is 0 Å². The molecule has 0 saturated heterocycles. The molecule has 1 unspecified atom stereocenters. The normalized spacial score (nSPS) is 12.8. The smallest absolute Gasteiger partial charge is 0.0333 e. The van der Waals surface area contributed by atoms with Gasteiger partial charge in [0, 0.05) is 25.0 Å². The molecule has 1 heterocycles. The molecule has 0 bridgehead atoms. The van der Waals surface area contributed by atoms with E-state index in [0.29, 0.717) is 5.92 Å². The Morgan fingerprint density at radius 2 is 1.80 bits per heavy atom. The van der Waals surface area contributed by atoms with Gasteiger partial charge in [0.2, 0.25) is 0 Å². The van der Waals surface area contributed by atoms with Crippen LogP contribution in [0.1, 0.15) is 43.9 Å². The predicted octanol–water partition coefficient (Wildman–Crippen LogP) is 4.17. The van der Waals surface area contributed by atoms with E-state index in [-0.39, 0.29) is 6.04 Å². The van der Waals surface area contributed by atoms with Gasteiger partial charge in [-0.05, 0) is 42.4 Å². The molecular weight excluding hydrogens is 244 g/mol. The van der Waals surface area contributed by atoms with Crippen LogP contribution in [0.4, 0.5) is 0 Å². The summed E-state index contributed by atoms with van der Waals surface area (Å²) >= 11 is 0. The summed E-state index contributed by atoms with van der Waals surface area (Å²) in [6.45, 7) is 5.42. The maximum absolute atomic E-state index is 6.17. The van der Waals surface area contributed by atoms with Gasteiger partial charge in [-0.3, -0.25) is 0 Å². The Kier molecular flexibility index (Phi) is 5.42. The van der Waals surface area contributed by atoms with Crippen molar-refractivity contribution in [2.45, 2.75) is 45.7 Å². The lowest BCUT2D eigenvalue weighted by atomic mass is 10.00. The molecule has 0 aliphatic rings. The minimum Gasteiger partial charge on any atom is -0.354 e. The zero-order valence-corrected chi connectivity index (χ0v) is 12.6. The highest BCUT2D eigenvalue weighted by Gasteiger charge is 2.11. The van der Waals surface area contributed by atoms with Gasteiger partial charge in [0.25, 0.3) is 0 Å². The van der Waals surface area contributed by atoms with Gasteiger partial charge in [0.05, 0.1) is 0 Å². The van der Waals surface area contributed by atoms with Crippen LogP contribution in [0.5, 0.6) is 0 Å². The number of hydrogen-bond acceptors (Lipinski definition) is 1. The Morgan fingerprint density at radius 1 is 1.05 bits per heavy atom. The molecule has 0 saturated carbocycles. The molecule has 0 fully saturated rings. The maximum Gasteiger partial charge on any atom is 0.0333 e. The second kappa shape index (κ2) is 7.30. The molecule has 2 heteroatoms. The van der Waals surface area contributed by atoms with Gasteiger partial charge < -0.3 is 10.3 Å². The van der Waals surface area contributed by atoms with Gasteiger partial charge >= 0.3 is 0 Å². The van der Waals surface area contributed by atoms with E-state index < -0.39 is 0 Å². The van der Waals surface area contributed by atoms with Crippen LogP contribution in [0.2, 0.25) is 0 Å². The first-order chi connectivity index (χ1) is 9.66. The molecule has 0 amide bonds. The van der Waals surface area contributed by atoms with Crippen LogP contribution in [-0.4, -0.2) is 4.57 Å². The number of aryl methyl sites for hydroxylation is 2. The van der Waals surface area contributed by atoms with Crippen molar-refractivity contribution in [1.29, 1.82) is 0 Å². The first kappa shape index (κ1) is 14.9. The molecule has 1 atom stereocenters. The lowest BCUT2D eigenvalue weighted by Crippen LogP contribution is -2.15. The summed E-state index contributed by atoms with van der Waals surface area (Å²) in [7, 11) is 0. The highest BCUT2D eigenvalue weighted by atomic mass is 14.9. The number of rotatable bonds is 7. The van der Waals surface area contributed by atoms with Crippen LogP contribution in [-0.2, 0) is 13.0 Å². The molecule has 0 aliphatic heterocycles. The fraction of sp³-hybridized carbons (Fsp3) is 0.444. The number of unbranched alkanes of at least 4 members (excludes halogenated alkanes) is 1. The summed E-state index contributed by atoms with van der Waals surface area (Å²) < 4.78 is 2.27. The fourth-order valence-electron chi connectivity index (χ4n) is 2.45. The van der Waals surface area contributed by atoms with Crippen molar-refractivity contribution in [3.8, 4) is 0 Å². The highest BCUT2D eigenvalue weighted by Crippen LogP contribution is 2.19. The maximum atomic E-state index is 6.17. The Labute approximate surface area is 122 Å². The van der Waals surface area contributed by atoms with Gasteiger partial charge in [-0.25, -0.2) is 0 Å². The minimum atomic E-state index is 0.153. The number of nitrogens with zero attached hydrogens (tertiary/aromatic N) is 1. The Morgan fingerprint density at radius 3 is 2.50 bits per heavy atom. The lowest BCUT2D eigenvalue weighted by Gasteiger charge is -2.13. The number of nitrogens with two attached hydrogens (primary N) is 1. The molecular formula is C18H26N2. The van der Waals surface area contributed by atoms with Crippen LogP contribution in [0.25, 0.3) is 0 Å². The molecule has 0 spiro atoms. The molecule has 1 aromatic carbocycles. The Hall–Kier alpha value is -1.54. The molecule has 0 aliphatic carbocycles. The van der Waals surface area contributed by atoms with Gasteiger partial charge in [0.15, 0.2) is 0 Å². The summed E-state index contributed by atoms with van der Waals surface area (Å²) in [5.74, 6) is 0.490. The standard InChI is InChI=1S/C18H26N2/c1-15(2)18(19)17-11-13-20(14-17)12-7-6-10-16-8-4-3-5-9-16/h3-5,8-9,11,13-15,18H,6-7,10,12,19H2,1-2H3. The van der Waals surface area contributed by atoms with Crippen molar-refractivity contribution in [1.82, 2.24) is 4.57 Å². The van der Waals surface area contributed by atoms with Gasteiger partial charge in [-0.15, -0.1) is 0 Å². The zero-order chi connectivity index (χ0) is 14.4. The second-order valence-electron chi connectivity index (χ2n) is 5.90. The quantitative estimate of drug-likeness (QED) is 0.752. The van der Waals surface area contributed by atoms with E-state index >= 15 is 0 Å². The third-order valence-corrected chi connectivity index (χ3v) is 3.85. The summed E-state index contributed by atoms with van der Waals surface area (Å²) in [5.41, 5.74) is 8.85. The van der Waals surface area contributed by atoms with E-state index in [1.165, 1.54) is 30.4 Å². The van der Waals surface area contributed by atoms with Crippen LogP contribution >= 0.6 is 0 Å². The van der Waals surface area contributed by atoms with Crippen LogP contribution in [0.15, 0.2) is 48.8 Å². The van der Waals surface area contributed by atoms with Crippen molar-refractivity contribution in [3.05, 3.63) is 59.9 Å². The van der Waals surface area contributed by atoms with E-state index in [9.17, 15) is 0 Å². The monoisotopic (exact) mass is 270 g/mol. The van der Waals surface area contributed by atoms with Gasteiger partial charge in [-0.1, -0.05) is 44.2 Å². The van der Waals surface area contributed by atoms with Crippen LogP contribution in [0, 0.1) is 5.92 Å². The Balaban J connectivity index is 1.75. The SMILES string of the molecule is CC(C)C(N)c1ccn(CCCCc2ccccc2)c1. The minimum absolute atomic E-state index is 0.153. The molecule has 1 aromatic heterocycles. The van der Waals surface area contributed by atoms with E-state index in [2.05, 4.69) is 67.2 Å².